The fourth-order valence-electron chi connectivity index (χ4n) is 3.35. The summed E-state index contributed by atoms with van der Waals surface area (Å²) in [4.78, 5) is 17.2. The SMILES string of the molecule is CC1NNC(n2cnc3ccccc3c2=O)C1c1ccc(F)cc1. The summed E-state index contributed by atoms with van der Waals surface area (Å²) in [5.74, 6) is -0.294. The van der Waals surface area contributed by atoms with Gasteiger partial charge in [0.1, 0.15) is 12.0 Å². The van der Waals surface area contributed by atoms with Crippen molar-refractivity contribution in [1.29, 1.82) is 0 Å². The molecule has 0 aliphatic carbocycles. The molecule has 1 aliphatic heterocycles. The molecule has 6 heteroatoms. The second kappa shape index (κ2) is 5.81. The second-order valence-corrected chi connectivity index (χ2v) is 6.07. The minimum atomic E-state index is -0.296. The Morgan fingerprint density at radius 2 is 1.83 bits per heavy atom. The van der Waals surface area contributed by atoms with Gasteiger partial charge in [-0.3, -0.25) is 14.8 Å². The van der Waals surface area contributed by atoms with E-state index in [0.717, 1.165) is 5.56 Å². The molecule has 3 atom stereocenters. The van der Waals surface area contributed by atoms with Gasteiger partial charge in [0.05, 0.1) is 17.2 Å². The number of benzene rings is 2. The molecule has 0 spiro atoms. The van der Waals surface area contributed by atoms with E-state index < -0.39 is 0 Å². The van der Waals surface area contributed by atoms with Crippen LogP contribution in [-0.4, -0.2) is 15.6 Å². The Bertz CT molecular complexity index is 938. The zero-order valence-electron chi connectivity index (χ0n) is 13.1. The molecule has 0 saturated carbocycles. The molecular formula is C18H17FN4O. The van der Waals surface area contributed by atoms with Crippen molar-refractivity contribution in [2.75, 3.05) is 0 Å². The molecule has 1 aromatic heterocycles. The van der Waals surface area contributed by atoms with Crippen LogP contribution < -0.4 is 16.4 Å². The Morgan fingerprint density at radius 1 is 1.08 bits per heavy atom. The lowest BCUT2D eigenvalue weighted by atomic mass is 9.91. The van der Waals surface area contributed by atoms with Gasteiger partial charge in [-0.15, -0.1) is 0 Å². The summed E-state index contributed by atoms with van der Waals surface area (Å²) in [7, 11) is 0. The lowest BCUT2D eigenvalue weighted by molar-refractivity contribution is 0.395. The monoisotopic (exact) mass is 324 g/mol. The number of nitrogens with one attached hydrogen (secondary N) is 2. The van der Waals surface area contributed by atoms with E-state index in [0.29, 0.717) is 10.9 Å². The van der Waals surface area contributed by atoms with E-state index in [1.165, 1.54) is 12.1 Å². The molecule has 2 N–H and O–H groups in total. The van der Waals surface area contributed by atoms with E-state index in [-0.39, 0.29) is 29.5 Å². The lowest BCUT2D eigenvalue weighted by Crippen LogP contribution is -2.35. The first-order chi connectivity index (χ1) is 11.6. The van der Waals surface area contributed by atoms with Crippen molar-refractivity contribution in [2.24, 2.45) is 0 Å². The number of hydrogen-bond acceptors (Lipinski definition) is 4. The quantitative estimate of drug-likeness (QED) is 0.759. The standard InChI is InChI=1S/C18H17FN4O/c1-11-16(12-6-8-13(19)9-7-12)17(22-21-11)23-10-20-15-5-3-2-4-14(15)18(23)24/h2-11,16-17,21-22H,1H3. The van der Waals surface area contributed by atoms with Gasteiger partial charge in [-0.25, -0.2) is 14.8 Å². The van der Waals surface area contributed by atoms with E-state index >= 15 is 0 Å². The number of aromatic nitrogens is 2. The van der Waals surface area contributed by atoms with Crippen LogP contribution >= 0.6 is 0 Å². The molecule has 2 aromatic carbocycles. The van der Waals surface area contributed by atoms with Crippen molar-refractivity contribution in [3.05, 3.63) is 76.6 Å². The minimum absolute atomic E-state index is 0.0220. The summed E-state index contributed by atoms with van der Waals surface area (Å²) in [6, 6.07) is 13.8. The van der Waals surface area contributed by atoms with Gasteiger partial charge in [-0.2, -0.15) is 0 Å². The summed E-state index contributed by atoms with van der Waals surface area (Å²) in [5, 5.41) is 0.583. The van der Waals surface area contributed by atoms with Crippen molar-refractivity contribution in [3.63, 3.8) is 0 Å². The highest BCUT2D eigenvalue weighted by atomic mass is 19.1. The van der Waals surface area contributed by atoms with Crippen LogP contribution in [0.3, 0.4) is 0 Å². The largest absolute Gasteiger partial charge is 0.280 e. The fourth-order valence-corrected chi connectivity index (χ4v) is 3.35. The molecule has 1 saturated heterocycles. The molecule has 0 radical (unpaired) electrons. The van der Waals surface area contributed by atoms with Gasteiger partial charge < -0.3 is 0 Å². The lowest BCUT2D eigenvalue weighted by Gasteiger charge is -2.23. The molecule has 3 unspecified atom stereocenters. The predicted molar refractivity (Wildman–Crippen MR) is 89.9 cm³/mol. The van der Waals surface area contributed by atoms with Crippen molar-refractivity contribution in [2.45, 2.75) is 25.0 Å². The summed E-state index contributed by atoms with van der Waals surface area (Å²) < 4.78 is 14.8. The molecule has 5 nitrogen and oxygen atoms in total. The Hall–Kier alpha value is -2.57. The molecule has 0 amide bonds. The molecule has 24 heavy (non-hydrogen) atoms. The smallest absolute Gasteiger partial charge is 0.262 e. The first kappa shape index (κ1) is 15.0. The van der Waals surface area contributed by atoms with E-state index in [2.05, 4.69) is 15.8 Å². The van der Waals surface area contributed by atoms with Gasteiger partial charge in [-0.05, 0) is 36.8 Å². The zero-order chi connectivity index (χ0) is 16.7. The van der Waals surface area contributed by atoms with Crippen LogP contribution in [0, 0.1) is 5.82 Å². The number of hydrogen-bond donors (Lipinski definition) is 2. The van der Waals surface area contributed by atoms with Crippen LogP contribution in [0.2, 0.25) is 0 Å². The normalized spacial score (nSPS) is 23.7. The van der Waals surface area contributed by atoms with Crippen molar-refractivity contribution < 1.29 is 4.39 Å². The maximum atomic E-state index is 13.2. The molecule has 3 aromatic rings. The summed E-state index contributed by atoms with van der Waals surface area (Å²) in [5.41, 5.74) is 7.89. The summed E-state index contributed by atoms with van der Waals surface area (Å²) in [6.45, 7) is 2.03. The molecule has 1 aliphatic rings. The van der Waals surface area contributed by atoms with Crippen LogP contribution in [0.4, 0.5) is 4.39 Å². The third kappa shape index (κ3) is 2.40. The zero-order valence-corrected chi connectivity index (χ0v) is 13.1. The topological polar surface area (TPSA) is 58.9 Å². The number of fused-ring (bicyclic) bond motifs is 1. The first-order valence-corrected chi connectivity index (χ1v) is 7.87. The average molecular weight is 324 g/mol. The molecule has 4 rings (SSSR count). The van der Waals surface area contributed by atoms with Crippen molar-refractivity contribution in [1.82, 2.24) is 20.4 Å². The third-order valence-electron chi connectivity index (χ3n) is 4.58. The van der Waals surface area contributed by atoms with E-state index in [1.807, 2.05) is 25.1 Å². The first-order valence-electron chi connectivity index (χ1n) is 7.87. The minimum Gasteiger partial charge on any atom is -0.280 e. The number of nitrogens with zero attached hydrogens (tertiary/aromatic N) is 2. The molecule has 122 valence electrons. The van der Waals surface area contributed by atoms with Gasteiger partial charge >= 0.3 is 0 Å². The van der Waals surface area contributed by atoms with Gasteiger partial charge in [0, 0.05) is 12.0 Å². The molecular weight excluding hydrogens is 307 g/mol. The molecule has 1 fully saturated rings. The number of rotatable bonds is 2. The predicted octanol–water partition coefficient (Wildman–Crippen LogP) is 2.31. The Morgan fingerprint density at radius 3 is 2.62 bits per heavy atom. The highest BCUT2D eigenvalue weighted by Crippen LogP contribution is 2.33. The van der Waals surface area contributed by atoms with Gasteiger partial charge in [-0.1, -0.05) is 24.3 Å². The average Bonchev–Trinajstić information content (AvgIpc) is 2.98. The van der Waals surface area contributed by atoms with Crippen LogP contribution in [0.1, 0.15) is 24.6 Å². The summed E-state index contributed by atoms with van der Waals surface area (Å²) >= 11 is 0. The van der Waals surface area contributed by atoms with E-state index in [9.17, 15) is 9.18 Å². The Labute approximate surface area is 138 Å². The van der Waals surface area contributed by atoms with E-state index in [4.69, 9.17) is 0 Å². The van der Waals surface area contributed by atoms with Gasteiger partial charge in [0.2, 0.25) is 0 Å². The highest BCUT2D eigenvalue weighted by molar-refractivity contribution is 5.76. The van der Waals surface area contributed by atoms with Crippen LogP contribution in [-0.2, 0) is 0 Å². The number of halogens is 1. The highest BCUT2D eigenvalue weighted by Gasteiger charge is 2.36. The maximum Gasteiger partial charge on any atom is 0.262 e. The van der Waals surface area contributed by atoms with E-state index in [1.54, 1.807) is 29.1 Å². The number of hydrazine groups is 1. The molecule has 0 bridgehead atoms. The maximum absolute atomic E-state index is 13.2. The third-order valence-corrected chi connectivity index (χ3v) is 4.58. The second-order valence-electron chi connectivity index (χ2n) is 6.07. The van der Waals surface area contributed by atoms with Crippen molar-refractivity contribution >= 4 is 10.9 Å². The number of para-hydroxylation sites is 1. The van der Waals surface area contributed by atoms with Crippen LogP contribution in [0.15, 0.2) is 59.7 Å². The fraction of sp³-hybridized carbons (Fsp3) is 0.222. The Kier molecular flexibility index (Phi) is 3.63. The Balaban J connectivity index is 1.81. The van der Waals surface area contributed by atoms with Crippen LogP contribution in [0.5, 0.6) is 0 Å². The van der Waals surface area contributed by atoms with Crippen LogP contribution in [0.25, 0.3) is 10.9 Å². The summed E-state index contributed by atoms with van der Waals surface area (Å²) in [6.07, 6.45) is 1.27. The van der Waals surface area contributed by atoms with Gasteiger partial charge in [0.25, 0.3) is 5.56 Å². The molecule has 2 heterocycles. The van der Waals surface area contributed by atoms with Gasteiger partial charge in [0.15, 0.2) is 0 Å². The van der Waals surface area contributed by atoms with Crippen molar-refractivity contribution in [3.8, 4) is 0 Å².